The Morgan fingerprint density at radius 1 is 1.20 bits per heavy atom. The second kappa shape index (κ2) is 7.70. The monoisotopic (exact) mass is 339 g/mol. The molecule has 2 N–H and O–H groups in total. The molecule has 2 aromatic heterocycles. The largest absolute Gasteiger partial charge is 0.467 e. The third-order valence-electron chi connectivity index (χ3n) is 3.87. The van der Waals surface area contributed by atoms with Crippen molar-refractivity contribution < 1.29 is 13.6 Å². The number of hydrogen-bond acceptors (Lipinski definition) is 5. The fraction of sp³-hybridized carbons (Fsp3) is 0.263. The lowest BCUT2D eigenvalue weighted by Crippen LogP contribution is -2.22. The van der Waals surface area contributed by atoms with Crippen LogP contribution in [0.25, 0.3) is 0 Å². The van der Waals surface area contributed by atoms with Gasteiger partial charge in [-0.3, -0.25) is 4.79 Å². The number of oxazole rings is 1. The van der Waals surface area contributed by atoms with E-state index in [9.17, 15) is 4.79 Å². The summed E-state index contributed by atoms with van der Waals surface area (Å²) in [6.07, 6.45) is 4.16. The molecule has 3 rings (SSSR count). The number of carbonyl (C=O) groups is 1. The minimum Gasteiger partial charge on any atom is -0.467 e. The Morgan fingerprint density at radius 2 is 2.08 bits per heavy atom. The standard InChI is InChI=1S/C19H21N3O3/c1-3-15-10-21-18(25-15)12-20-17-7-6-14(9-13(17)2)19(23)22-11-16-5-4-8-24-16/h4-10,20H,3,11-12H2,1-2H3,(H,22,23). The van der Waals surface area contributed by atoms with Crippen LogP contribution in [0.2, 0.25) is 0 Å². The van der Waals surface area contributed by atoms with E-state index in [0.29, 0.717) is 24.5 Å². The van der Waals surface area contributed by atoms with Crippen LogP contribution in [0.1, 0.15) is 40.3 Å². The van der Waals surface area contributed by atoms with Crippen molar-refractivity contribution in [3.05, 3.63) is 71.3 Å². The van der Waals surface area contributed by atoms with E-state index in [1.54, 1.807) is 24.6 Å². The van der Waals surface area contributed by atoms with Crippen molar-refractivity contribution in [2.45, 2.75) is 33.4 Å². The van der Waals surface area contributed by atoms with Crippen molar-refractivity contribution in [2.24, 2.45) is 0 Å². The molecule has 3 aromatic rings. The summed E-state index contributed by atoms with van der Waals surface area (Å²) in [6.45, 7) is 4.86. The number of hydrogen-bond donors (Lipinski definition) is 2. The summed E-state index contributed by atoms with van der Waals surface area (Å²) in [4.78, 5) is 16.4. The highest BCUT2D eigenvalue weighted by molar-refractivity contribution is 5.94. The summed E-state index contributed by atoms with van der Waals surface area (Å²) in [6, 6.07) is 9.15. The molecule has 0 saturated carbocycles. The Kier molecular flexibility index (Phi) is 5.18. The fourth-order valence-electron chi connectivity index (χ4n) is 2.45. The van der Waals surface area contributed by atoms with E-state index in [1.807, 2.05) is 32.0 Å². The SMILES string of the molecule is CCc1cnc(CNc2ccc(C(=O)NCc3ccco3)cc2C)o1. The average molecular weight is 339 g/mol. The first-order valence-corrected chi connectivity index (χ1v) is 8.24. The van der Waals surface area contributed by atoms with Gasteiger partial charge >= 0.3 is 0 Å². The first-order valence-electron chi connectivity index (χ1n) is 8.24. The van der Waals surface area contributed by atoms with Crippen molar-refractivity contribution in [1.82, 2.24) is 10.3 Å². The lowest BCUT2D eigenvalue weighted by molar-refractivity contribution is 0.0948. The van der Waals surface area contributed by atoms with Crippen molar-refractivity contribution in [3.63, 3.8) is 0 Å². The smallest absolute Gasteiger partial charge is 0.251 e. The van der Waals surface area contributed by atoms with E-state index in [-0.39, 0.29) is 5.91 Å². The Bertz CT molecular complexity index is 837. The van der Waals surface area contributed by atoms with Gasteiger partial charge in [-0.2, -0.15) is 0 Å². The van der Waals surface area contributed by atoms with Crippen LogP contribution in [0.5, 0.6) is 0 Å². The highest BCUT2D eigenvalue weighted by Crippen LogP contribution is 2.18. The third kappa shape index (κ3) is 4.29. The van der Waals surface area contributed by atoms with Crippen LogP contribution >= 0.6 is 0 Å². The quantitative estimate of drug-likeness (QED) is 0.686. The summed E-state index contributed by atoms with van der Waals surface area (Å²) >= 11 is 0. The number of benzene rings is 1. The number of furan rings is 1. The van der Waals surface area contributed by atoms with E-state index in [4.69, 9.17) is 8.83 Å². The number of rotatable bonds is 7. The normalized spacial score (nSPS) is 10.6. The van der Waals surface area contributed by atoms with Gasteiger partial charge in [-0.1, -0.05) is 6.92 Å². The number of amides is 1. The molecule has 0 saturated heterocycles. The Hall–Kier alpha value is -3.02. The maximum Gasteiger partial charge on any atom is 0.251 e. The number of nitrogens with zero attached hydrogens (tertiary/aromatic N) is 1. The van der Waals surface area contributed by atoms with E-state index in [0.717, 1.165) is 29.2 Å². The molecule has 0 bridgehead atoms. The number of carbonyl (C=O) groups excluding carboxylic acids is 1. The van der Waals surface area contributed by atoms with Gasteiger partial charge in [0.2, 0.25) is 5.89 Å². The van der Waals surface area contributed by atoms with E-state index < -0.39 is 0 Å². The first kappa shape index (κ1) is 16.8. The van der Waals surface area contributed by atoms with Crippen LogP contribution in [-0.4, -0.2) is 10.9 Å². The highest BCUT2D eigenvalue weighted by atomic mass is 16.4. The van der Waals surface area contributed by atoms with Gasteiger partial charge in [-0.05, 0) is 42.8 Å². The molecule has 0 aliphatic carbocycles. The van der Waals surface area contributed by atoms with Gasteiger partial charge in [0.05, 0.1) is 25.5 Å². The lowest BCUT2D eigenvalue weighted by Gasteiger charge is -2.10. The highest BCUT2D eigenvalue weighted by Gasteiger charge is 2.09. The molecule has 2 heterocycles. The molecule has 0 unspecified atom stereocenters. The molecule has 6 heteroatoms. The molecule has 0 fully saturated rings. The van der Waals surface area contributed by atoms with Crippen LogP contribution in [0.15, 0.2) is 51.6 Å². The van der Waals surface area contributed by atoms with Crippen molar-refractivity contribution in [3.8, 4) is 0 Å². The molecule has 1 amide bonds. The zero-order valence-electron chi connectivity index (χ0n) is 14.3. The molecule has 0 radical (unpaired) electrons. The van der Waals surface area contributed by atoms with Crippen molar-refractivity contribution in [2.75, 3.05) is 5.32 Å². The zero-order chi connectivity index (χ0) is 17.6. The third-order valence-corrected chi connectivity index (χ3v) is 3.87. The molecular formula is C19H21N3O3. The topological polar surface area (TPSA) is 80.3 Å². The number of aromatic nitrogens is 1. The van der Waals surface area contributed by atoms with Gasteiger partial charge in [-0.25, -0.2) is 4.98 Å². The van der Waals surface area contributed by atoms with Gasteiger partial charge in [0.15, 0.2) is 0 Å². The van der Waals surface area contributed by atoms with Gasteiger partial charge < -0.3 is 19.5 Å². The summed E-state index contributed by atoms with van der Waals surface area (Å²) in [7, 11) is 0. The van der Waals surface area contributed by atoms with Crippen LogP contribution in [0.4, 0.5) is 5.69 Å². The van der Waals surface area contributed by atoms with Crippen LogP contribution < -0.4 is 10.6 Å². The first-order chi connectivity index (χ1) is 12.2. The van der Waals surface area contributed by atoms with Gasteiger partial charge in [0.1, 0.15) is 11.5 Å². The predicted octanol–water partition coefficient (Wildman–Crippen LogP) is 3.68. The molecule has 25 heavy (non-hydrogen) atoms. The maximum absolute atomic E-state index is 12.2. The number of aryl methyl sites for hydroxylation is 2. The number of nitrogens with one attached hydrogen (secondary N) is 2. The van der Waals surface area contributed by atoms with Gasteiger partial charge in [0, 0.05) is 17.7 Å². The van der Waals surface area contributed by atoms with Crippen molar-refractivity contribution in [1.29, 1.82) is 0 Å². The summed E-state index contributed by atoms with van der Waals surface area (Å²) in [5, 5.41) is 6.12. The molecule has 1 aromatic carbocycles. The van der Waals surface area contributed by atoms with E-state index in [1.165, 1.54) is 0 Å². The molecule has 0 aliphatic heterocycles. The summed E-state index contributed by atoms with van der Waals surface area (Å²) in [5.74, 6) is 2.11. The van der Waals surface area contributed by atoms with Crippen LogP contribution in [0, 0.1) is 6.92 Å². The summed E-state index contributed by atoms with van der Waals surface area (Å²) < 4.78 is 10.8. The molecule has 0 aliphatic rings. The number of anilines is 1. The Balaban J connectivity index is 1.58. The zero-order valence-corrected chi connectivity index (χ0v) is 14.3. The maximum atomic E-state index is 12.2. The minimum atomic E-state index is -0.133. The molecular weight excluding hydrogens is 318 g/mol. The Labute approximate surface area is 146 Å². The lowest BCUT2D eigenvalue weighted by atomic mass is 10.1. The minimum absolute atomic E-state index is 0.133. The molecule has 0 spiro atoms. The molecule has 130 valence electrons. The van der Waals surface area contributed by atoms with Gasteiger partial charge in [-0.15, -0.1) is 0 Å². The van der Waals surface area contributed by atoms with E-state index in [2.05, 4.69) is 15.6 Å². The van der Waals surface area contributed by atoms with Crippen LogP contribution in [-0.2, 0) is 19.5 Å². The van der Waals surface area contributed by atoms with Gasteiger partial charge in [0.25, 0.3) is 5.91 Å². The molecule has 0 atom stereocenters. The molecule has 6 nitrogen and oxygen atoms in total. The Morgan fingerprint density at radius 3 is 2.76 bits per heavy atom. The van der Waals surface area contributed by atoms with Crippen molar-refractivity contribution >= 4 is 11.6 Å². The predicted molar refractivity (Wildman–Crippen MR) is 94.3 cm³/mol. The van der Waals surface area contributed by atoms with Crippen LogP contribution in [0.3, 0.4) is 0 Å². The fourth-order valence-corrected chi connectivity index (χ4v) is 2.45. The second-order valence-corrected chi connectivity index (χ2v) is 5.72. The second-order valence-electron chi connectivity index (χ2n) is 5.72. The van der Waals surface area contributed by atoms with E-state index >= 15 is 0 Å². The summed E-state index contributed by atoms with van der Waals surface area (Å²) in [5.41, 5.74) is 2.53. The average Bonchev–Trinajstić information content (AvgIpc) is 3.30.